The first-order chi connectivity index (χ1) is 15.2. The van der Waals surface area contributed by atoms with E-state index < -0.39 is 28.4 Å². The number of sulfonamides is 1. The Labute approximate surface area is 193 Å². The zero-order valence-corrected chi connectivity index (χ0v) is 18.8. The van der Waals surface area contributed by atoms with Crippen LogP contribution < -0.4 is 20.7 Å². The minimum absolute atomic E-state index is 0.118. The Morgan fingerprint density at radius 2 is 1.53 bits per heavy atom. The number of carboxylic acid groups (broad SMARTS) is 1. The lowest BCUT2D eigenvalue weighted by atomic mass is 10.2. The van der Waals surface area contributed by atoms with Crippen molar-refractivity contribution in [3.63, 3.8) is 0 Å². The molecule has 32 heavy (non-hydrogen) atoms. The average molecular weight is 491 g/mol. The highest BCUT2D eigenvalue weighted by molar-refractivity contribution is 7.93. The molecule has 1 aromatic heterocycles. The van der Waals surface area contributed by atoms with Crippen LogP contribution in [0.25, 0.3) is 0 Å². The third kappa shape index (κ3) is 6.51. The predicted molar refractivity (Wildman–Crippen MR) is 128 cm³/mol. The standard InChI is InChI=1S/C20H18N4O5S3/c25-18(26)12-21-19(27)13-3-5-14(6-4-13)22-20(30)23-15-7-9-16(10-8-15)32(28,29)24-17-2-1-11-31-17/h1-11,24H,12H2,(H,21,27)(H,25,26)(H2,22,23,30). The fraction of sp³-hybridized carbons (Fsp3) is 0.0500. The summed E-state index contributed by atoms with van der Waals surface area (Å²) in [4.78, 5) is 22.5. The van der Waals surface area contributed by atoms with Crippen molar-refractivity contribution >= 4 is 66.9 Å². The van der Waals surface area contributed by atoms with Gasteiger partial charge in [-0.15, -0.1) is 11.3 Å². The number of carboxylic acids is 1. The molecule has 1 heterocycles. The van der Waals surface area contributed by atoms with E-state index in [-0.39, 0.29) is 10.0 Å². The van der Waals surface area contributed by atoms with Crippen LogP contribution in [0.3, 0.4) is 0 Å². The number of hydrogen-bond donors (Lipinski definition) is 5. The van der Waals surface area contributed by atoms with Gasteiger partial charge in [0.05, 0.1) is 4.90 Å². The molecule has 12 heteroatoms. The van der Waals surface area contributed by atoms with Crippen LogP contribution in [0.5, 0.6) is 0 Å². The second-order valence-electron chi connectivity index (χ2n) is 6.34. The van der Waals surface area contributed by atoms with Gasteiger partial charge in [-0.2, -0.15) is 0 Å². The van der Waals surface area contributed by atoms with Crippen LogP contribution >= 0.6 is 23.6 Å². The summed E-state index contributed by atoms with van der Waals surface area (Å²) in [6, 6.07) is 15.8. The monoisotopic (exact) mass is 490 g/mol. The summed E-state index contributed by atoms with van der Waals surface area (Å²) in [5, 5.41) is 19.3. The summed E-state index contributed by atoms with van der Waals surface area (Å²) in [5.41, 5.74) is 1.50. The molecule has 166 valence electrons. The largest absolute Gasteiger partial charge is 0.480 e. The molecule has 0 fully saturated rings. The van der Waals surface area contributed by atoms with Gasteiger partial charge >= 0.3 is 5.97 Å². The molecule has 0 spiro atoms. The Bertz CT molecular complexity index is 1210. The Morgan fingerprint density at radius 3 is 2.06 bits per heavy atom. The molecule has 0 aliphatic heterocycles. The number of hydrogen-bond acceptors (Lipinski definition) is 6. The number of amides is 1. The van der Waals surface area contributed by atoms with Crippen molar-refractivity contribution in [2.45, 2.75) is 4.90 Å². The normalized spacial score (nSPS) is 10.8. The van der Waals surface area contributed by atoms with Gasteiger partial charge in [0.1, 0.15) is 11.5 Å². The van der Waals surface area contributed by atoms with Crippen LogP contribution in [0.4, 0.5) is 16.4 Å². The summed E-state index contributed by atoms with van der Waals surface area (Å²) < 4.78 is 27.3. The maximum Gasteiger partial charge on any atom is 0.322 e. The third-order valence-corrected chi connectivity index (χ3v) is 6.48. The molecule has 0 saturated heterocycles. The van der Waals surface area contributed by atoms with Crippen LogP contribution in [-0.4, -0.2) is 37.1 Å². The topological polar surface area (TPSA) is 137 Å². The third-order valence-electron chi connectivity index (χ3n) is 3.98. The molecular formula is C20H18N4O5S3. The quantitative estimate of drug-likeness (QED) is 0.304. The number of thiophene rings is 1. The molecule has 0 saturated carbocycles. The number of carbonyl (C=O) groups is 2. The molecule has 0 radical (unpaired) electrons. The number of thiocarbonyl (C=S) groups is 1. The van der Waals surface area contributed by atoms with Gasteiger partial charge in [-0.05, 0) is 78.3 Å². The molecule has 0 aliphatic carbocycles. The van der Waals surface area contributed by atoms with E-state index in [4.69, 9.17) is 17.3 Å². The lowest BCUT2D eigenvalue weighted by Gasteiger charge is -2.12. The smallest absolute Gasteiger partial charge is 0.322 e. The van der Waals surface area contributed by atoms with Crippen LogP contribution in [0.1, 0.15) is 10.4 Å². The van der Waals surface area contributed by atoms with E-state index in [2.05, 4.69) is 20.7 Å². The molecule has 5 N–H and O–H groups in total. The van der Waals surface area contributed by atoms with Crippen LogP contribution in [0, 0.1) is 0 Å². The molecule has 2 aromatic carbocycles. The van der Waals surface area contributed by atoms with Crippen molar-refractivity contribution < 1.29 is 23.1 Å². The van der Waals surface area contributed by atoms with E-state index in [1.54, 1.807) is 41.8 Å². The zero-order valence-electron chi connectivity index (χ0n) is 16.4. The molecule has 0 bridgehead atoms. The molecule has 3 rings (SSSR count). The lowest BCUT2D eigenvalue weighted by molar-refractivity contribution is -0.135. The maximum atomic E-state index is 12.4. The van der Waals surface area contributed by atoms with E-state index >= 15 is 0 Å². The second-order valence-corrected chi connectivity index (χ2v) is 9.38. The molecule has 0 atom stereocenters. The second kappa shape index (κ2) is 10.2. The fourth-order valence-corrected chi connectivity index (χ4v) is 4.67. The van der Waals surface area contributed by atoms with Crippen LogP contribution in [0.2, 0.25) is 0 Å². The first-order valence-electron chi connectivity index (χ1n) is 9.07. The zero-order chi connectivity index (χ0) is 23.1. The van der Waals surface area contributed by atoms with Crippen molar-refractivity contribution in [3.05, 3.63) is 71.6 Å². The van der Waals surface area contributed by atoms with Gasteiger partial charge in [0.2, 0.25) is 0 Å². The van der Waals surface area contributed by atoms with Gasteiger partial charge in [0.25, 0.3) is 15.9 Å². The molecule has 1 amide bonds. The predicted octanol–water partition coefficient (Wildman–Crippen LogP) is 3.17. The van der Waals surface area contributed by atoms with Crippen molar-refractivity contribution in [1.29, 1.82) is 0 Å². The van der Waals surface area contributed by atoms with Gasteiger partial charge in [-0.3, -0.25) is 14.3 Å². The highest BCUT2D eigenvalue weighted by Crippen LogP contribution is 2.21. The summed E-state index contributed by atoms with van der Waals surface area (Å²) in [5.74, 6) is -1.62. The minimum Gasteiger partial charge on any atom is -0.480 e. The number of rotatable bonds is 8. The van der Waals surface area contributed by atoms with Crippen molar-refractivity contribution in [1.82, 2.24) is 5.32 Å². The summed E-state index contributed by atoms with van der Waals surface area (Å²) in [7, 11) is -3.68. The van der Waals surface area contributed by atoms with E-state index in [0.29, 0.717) is 21.9 Å². The summed E-state index contributed by atoms with van der Waals surface area (Å²) >= 11 is 6.55. The van der Waals surface area contributed by atoms with Gasteiger partial charge in [-0.25, -0.2) is 8.42 Å². The summed E-state index contributed by atoms with van der Waals surface area (Å²) in [6.07, 6.45) is 0. The average Bonchev–Trinajstić information content (AvgIpc) is 3.25. The number of anilines is 3. The molecule has 9 nitrogen and oxygen atoms in total. The maximum absolute atomic E-state index is 12.4. The van der Waals surface area contributed by atoms with E-state index in [0.717, 1.165) is 0 Å². The molecule has 3 aromatic rings. The number of aliphatic carboxylic acids is 1. The van der Waals surface area contributed by atoms with E-state index in [1.165, 1.54) is 35.6 Å². The molecular weight excluding hydrogens is 472 g/mol. The highest BCUT2D eigenvalue weighted by atomic mass is 32.2. The number of nitrogens with one attached hydrogen (secondary N) is 4. The highest BCUT2D eigenvalue weighted by Gasteiger charge is 2.14. The Balaban J connectivity index is 1.56. The SMILES string of the molecule is O=C(O)CNC(=O)c1ccc(NC(=S)Nc2ccc(S(=O)(=O)Nc3cccs3)cc2)cc1. The Kier molecular flexibility index (Phi) is 7.41. The van der Waals surface area contributed by atoms with E-state index in [9.17, 15) is 18.0 Å². The van der Waals surface area contributed by atoms with Gasteiger partial charge in [-0.1, -0.05) is 0 Å². The van der Waals surface area contributed by atoms with E-state index in [1.807, 2.05) is 0 Å². The van der Waals surface area contributed by atoms with Gasteiger partial charge < -0.3 is 21.1 Å². The fourth-order valence-electron chi connectivity index (χ4n) is 2.50. The first-order valence-corrected chi connectivity index (χ1v) is 11.8. The summed E-state index contributed by atoms with van der Waals surface area (Å²) in [6.45, 7) is -0.461. The Hall–Kier alpha value is -3.48. The molecule has 0 aliphatic rings. The van der Waals surface area contributed by atoms with Crippen LogP contribution in [0.15, 0.2) is 70.9 Å². The number of carbonyl (C=O) groups excluding carboxylic acids is 1. The van der Waals surface area contributed by atoms with Crippen molar-refractivity contribution in [3.8, 4) is 0 Å². The van der Waals surface area contributed by atoms with Crippen molar-refractivity contribution in [2.75, 3.05) is 21.9 Å². The van der Waals surface area contributed by atoms with Gasteiger partial charge in [0, 0.05) is 16.9 Å². The van der Waals surface area contributed by atoms with Crippen LogP contribution in [-0.2, 0) is 14.8 Å². The Morgan fingerprint density at radius 1 is 0.938 bits per heavy atom. The lowest BCUT2D eigenvalue weighted by Crippen LogP contribution is -2.29. The van der Waals surface area contributed by atoms with Crippen molar-refractivity contribution in [2.24, 2.45) is 0 Å². The minimum atomic E-state index is -3.68. The number of benzene rings is 2. The first kappa shape index (κ1) is 23.2. The van der Waals surface area contributed by atoms with Gasteiger partial charge in [0.15, 0.2) is 5.11 Å². The molecule has 0 unspecified atom stereocenters.